The summed E-state index contributed by atoms with van der Waals surface area (Å²) < 4.78 is 2.11. The number of piperidine rings is 2. The third-order valence-electron chi connectivity index (χ3n) is 5.81. The van der Waals surface area contributed by atoms with Crippen LogP contribution in [0.5, 0.6) is 0 Å². The van der Waals surface area contributed by atoms with Gasteiger partial charge in [0.1, 0.15) is 5.69 Å². The average molecular weight is 360 g/mol. The highest BCUT2D eigenvalue weighted by atomic mass is 32.1. The van der Waals surface area contributed by atoms with E-state index in [1.165, 1.54) is 70.4 Å². The highest BCUT2D eigenvalue weighted by Crippen LogP contribution is 2.28. The lowest BCUT2D eigenvalue weighted by Crippen LogP contribution is -2.48. The number of hydrogen-bond acceptors (Lipinski definition) is 5. The second kappa shape index (κ2) is 7.98. The van der Waals surface area contributed by atoms with Crippen molar-refractivity contribution in [2.24, 2.45) is 0 Å². The lowest BCUT2D eigenvalue weighted by molar-refractivity contribution is 0.0771. The predicted octanol–water partition coefficient (Wildman–Crippen LogP) is 3.52. The van der Waals surface area contributed by atoms with Crippen molar-refractivity contribution in [1.29, 1.82) is 0 Å². The van der Waals surface area contributed by atoms with E-state index < -0.39 is 0 Å². The molecule has 2 aromatic heterocycles. The van der Waals surface area contributed by atoms with Crippen molar-refractivity contribution in [3.05, 3.63) is 23.0 Å². The standard InChI is InChI=1S/C19H29N5S/c1-2-8-22-9-3-17(4-10-22)23-11-5-18(6-12-23)24-14-19(20-21-24)16-7-13-25-15-16/h7,13-15,17-18H,2-6,8-12H2,1H3. The van der Waals surface area contributed by atoms with Gasteiger partial charge in [0.15, 0.2) is 0 Å². The maximum absolute atomic E-state index is 4.41. The van der Waals surface area contributed by atoms with Crippen LogP contribution in [0.3, 0.4) is 0 Å². The largest absolute Gasteiger partial charge is 0.303 e. The summed E-state index contributed by atoms with van der Waals surface area (Å²) in [4.78, 5) is 5.36. The Balaban J connectivity index is 1.29. The molecule has 6 heteroatoms. The van der Waals surface area contributed by atoms with Crippen molar-refractivity contribution in [2.75, 3.05) is 32.7 Å². The highest BCUT2D eigenvalue weighted by Gasteiger charge is 2.29. The van der Waals surface area contributed by atoms with E-state index in [1.807, 2.05) is 0 Å². The first kappa shape index (κ1) is 17.2. The summed E-state index contributed by atoms with van der Waals surface area (Å²) in [5.74, 6) is 0. The van der Waals surface area contributed by atoms with Gasteiger partial charge in [0.25, 0.3) is 0 Å². The Hall–Kier alpha value is -1.24. The molecule has 0 bridgehead atoms. The van der Waals surface area contributed by atoms with E-state index in [4.69, 9.17) is 0 Å². The van der Waals surface area contributed by atoms with Gasteiger partial charge in [-0.2, -0.15) is 11.3 Å². The third kappa shape index (κ3) is 3.96. The summed E-state index contributed by atoms with van der Waals surface area (Å²) in [6.45, 7) is 8.53. The maximum atomic E-state index is 4.41. The molecule has 0 unspecified atom stereocenters. The molecule has 0 radical (unpaired) electrons. The SMILES string of the molecule is CCCN1CCC(N2CCC(n3cc(-c4ccsc4)nn3)CC2)CC1. The zero-order valence-electron chi connectivity index (χ0n) is 15.2. The Morgan fingerprint density at radius 1 is 1.08 bits per heavy atom. The van der Waals surface area contributed by atoms with Gasteiger partial charge in [0, 0.05) is 30.1 Å². The molecule has 2 saturated heterocycles. The van der Waals surface area contributed by atoms with Crippen LogP contribution in [0.25, 0.3) is 11.3 Å². The molecule has 0 aromatic carbocycles. The molecule has 0 aliphatic carbocycles. The molecule has 0 spiro atoms. The van der Waals surface area contributed by atoms with E-state index in [0.29, 0.717) is 6.04 Å². The fourth-order valence-corrected chi connectivity index (χ4v) is 4.99. The Morgan fingerprint density at radius 3 is 2.52 bits per heavy atom. The fraction of sp³-hybridized carbons (Fsp3) is 0.684. The van der Waals surface area contributed by atoms with Gasteiger partial charge < -0.3 is 9.80 Å². The monoisotopic (exact) mass is 359 g/mol. The van der Waals surface area contributed by atoms with E-state index in [1.54, 1.807) is 11.3 Å². The molecule has 4 heterocycles. The minimum Gasteiger partial charge on any atom is -0.303 e. The van der Waals surface area contributed by atoms with Crippen LogP contribution < -0.4 is 0 Å². The van der Waals surface area contributed by atoms with Crippen molar-refractivity contribution >= 4 is 11.3 Å². The van der Waals surface area contributed by atoms with Crippen molar-refractivity contribution in [3.8, 4) is 11.3 Å². The van der Waals surface area contributed by atoms with E-state index >= 15 is 0 Å². The van der Waals surface area contributed by atoms with E-state index in [2.05, 4.69) is 54.7 Å². The topological polar surface area (TPSA) is 37.2 Å². The van der Waals surface area contributed by atoms with Gasteiger partial charge in [-0.1, -0.05) is 12.1 Å². The summed E-state index contributed by atoms with van der Waals surface area (Å²) in [6, 6.07) is 3.43. The molecule has 2 aromatic rings. The second-order valence-corrected chi connectivity index (χ2v) is 8.22. The predicted molar refractivity (Wildman–Crippen MR) is 103 cm³/mol. The van der Waals surface area contributed by atoms with Gasteiger partial charge in [0.05, 0.1) is 12.2 Å². The highest BCUT2D eigenvalue weighted by molar-refractivity contribution is 7.08. The first-order valence-electron chi connectivity index (χ1n) is 9.74. The Kier molecular flexibility index (Phi) is 5.48. The molecule has 2 aliphatic rings. The van der Waals surface area contributed by atoms with E-state index in [-0.39, 0.29) is 0 Å². The van der Waals surface area contributed by atoms with Crippen LogP contribution in [0.2, 0.25) is 0 Å². The molecule has 0 amide bonds. The number of rotatable bonds is 5. The van der Waals surface area contributed by atoms with Crippen LogP contribution in [0.15, 0.2) is 23.0 Å². The molecule has 25 heavy (non-hydrogen) atoms. The van der Waals surface area contributed by atoms with Gasteiger partial charge in [-0.3, -0.25) is 0 Å². The number of thiophene rings is 1. The Labute approximate surface area is 154 Å². The zero-order chi connectivity index (χ0) is 17.1. The minimum atomic E-state index is 0.510. The van der Waals surface area contributed by atoms with Crippen molar-refractivity contribution in [3.63, 3.8) is 0 Å². The molecule has 5 nitrogen and oxygen atoms in total. The molecule has 2 aliphatic heterocycles. The first-order valence-corrected chi connectivity index (χ1v) is 10.7. The van der Waals surface area contributed by atoms with Gasteiger partial charge in [0.2, 0.25) is 0 Å². The van der Waals surface area contributed by atoms with Crippen molar-refractivity contribution < 1.29 is 0 Å². The van der Waals surface area contributed by atoms with Gasteiger partial charge >= 0.3 is 0 Å². The van der Waals surface area contributed by atoms with Crippen LogP contribution in [0, 0.1) is 0 Å². The van der Waals surface area contributed by atoms with Crippen molar-refractivity contribution in [1.82, 2.24) is 24.8 Å². The number of nitrogens with zero attached hydrogens (tertiary/aromatic N) is 5. The fourth-order valence-electron chi connectivity index (χ4n) is 4.34. The zero-order valence-corrected chi connectivity index (χ0v) is 16.0. The van der Waals surface area contributed by atoms with E-state index in [0.717, 1.165) is 11.7 Å². The Morgan fingerprint density at radius 2 is 1.84 bits per heavy atom. The second-order valence-electron chi connectivity index (χ2n) is 7.44. The number of aromatic nitrogens is 3. The van der Waals surface area contributed by atoms with Crippen LogP contribution in [0.4, 0.5) is 0 Å². The van der Waals surface area contributed by atoms with Crippen LogP contribution in [-0.2, 0) is 0 Å². The molecule has 0 N–H and O–H groups in total. The number of hydrogen-bond donors (Lipinski definition) is 0. The summed E-state index contributed by atoms with van der Waals surface area (Å²) in [6.07, 6.45) is 8.49. The molecule has 136 valence electrons. The van der Waals surface area contributed by atoms with E-state index in [9.17, 15) is 0 Å². The normalized spacial score (nSPS) is 21.8. The van der Waals surface area contributed by atoms with Crippen LogP contribution in [0.1, 0.15) is 45.1 Å². The van der Waals surface area contributed by atoms with Gasteiger partial charge in [-0.25, -0.2) is 4.68 Å². The summed E-state index contributed by atoms with van der Waals surface area (Å²) in [5, 5.41) is 13.0. The quantitative estimate of drug-likeness (QED) is 0.819. The lowest BCUT2D eigenvalue weighted by Gasteiger charge is -2.41. The summed E-state index contributed by atoms with van der Waals surface area (Å²) in [5.41, 5.74) is 2.19. The first-order chi connectivity index (χ1) is 12.3. The van der Waals surface area contributed by atoms with Gasteiger partial charge in [-0.05, 0) is 63.2 Å². The van der Waals surface area contributed by atoms with Crippen LogP contribution in [-0.4, -0.2) is 63.6 Å². The smallest absolute Gasteiger partial charge is 0.113 e. The third-order valence-corrected chi connectivity index (χ3v) is 6.50. The lowest BCUT2D eigenvalue weighted by atomic mass is 9.98. The number of likely N-dealkylation sites (tertiary alicyclic amines) is 2. The molecule has 0 saturated carbocycles. The van der Waals surface area contributed by atoms with Crippen molar-refractivity contribution in [2.45, 2.75) is 51.1 Å². The Bertz CT molecular complexity index is 637. The molecular weight excluding hydrogens is 330 g/mol. The summed E-state index contributed by atoms with van der Waals surface area (Å²) in [7, 11) is 0. The maximum Gasteiger partial charge on any atom is 0.113 e. The molecular formula is C19H29N5S. The molecule has 2 fully saturated rings. The van der Waals surface area contributed by atoms with Crippen LogP contribution >= 0.6 is 11.3 Å². The molecule has 4 rings (SSSR count). The van der Waals surface area contributed by atoms with Gasteiger partial charge in [-0.15, -0.1) is 5.10 Å². The average Bonchev–Trinajstić information content (AvgIpc) is 3.34. The summed E-state index contributed by atoms with van der Waals surface area (Å²) >= 11 is 1.71. The molecule has 0 atom stereocenters. The minimum absolute atomic E-state index is 0.510.